The lowest BCUT2D eigenvalue weighted by Gasteiger charge is -1.92. The standard InChI is InChI=1S/C9H7NS/c1-3-8(7-10-5-1)9-4-2-6-11-9/h1-7H. The van der Waals surface area contributed by atoms with Crippen LogP contribution in [0.4, 0.5) is 0 Å². The lowest BCUT2D eigenvalue weighted by molar-refractivity contribution is 1.33. The molecule has 11 heavy (non-hydrogen) atoms. The molecule has 0 bridgehead atoms. The molecule has 0 saturated carbocycles. The Labute approximate surface area is 69.3 Å². The van der Waals surface area contributed by atoms with Crippen LogP contribution < -0.4 is 0 Å². The predicted octanol–water partition coefficient (Wildman–Crippen LogP) is 2.81. The van der Waals surface area contributed by atoms with E-state index in [9.17, 15) is 0 Å². The molecule has 2 heterocycles. The molecule has 0 aliphatic rings. The van der Waals surface area contributed by atoms with Gasteiger partial charge in [-0.2, -0.15) is 0 Å². The summed E-state index contributed by atoms with van der Waals surface area (Å²) in [5, 5.41) is 2.07. The van der Waals surface area contributed by atoms with Crippen molar-refractivity contribution in [3.05, 3.63) is 42.0 Å². The van der Waals surface area contributed by atoms with Gasteiger partial charge in [-0.05, 0) is 17.5 Å². The van der Waals surface area contributed by atoms with Gasteiger partial charge in [-0.15, -0.1) is 11.3 Å². The van der Waals surface area contributed by atoms with Gasteiger partial charge in [0, 0.05) is 22.8 Å². The zero-order valence-electron chi connectivity index (χ0n) is 5.90. The number of pyridine rings is 1. The number of hydrogen-bond acceptors (Lipinski definition) is 2. The first kappa shape index (κ1) is 6.55. The van der Waals surface area contributed by atoms with Gasteiger partial charge in [-0.3, -0.25) is 4.98 Å². The third-order valence-corrected chi connectivity index (χ3v) is 2.39. The molecule has 2 aromatic heterocycles. The second kappa shape index (κ2) is 2.84. The minimum atomic E-state index is 1.20. The van der Waals surface area contributed by atoms with E-state index in [1.807, 2.05) is 18.3 Å². The molecule has 0 aliphatic carbocycles. The number of hydrogen-bond donors (Lipinski definition) is 0. The van der Waals surface area contributed by atoms with Crippen LogP contribution in [0.5, 0.6) is 0 Å². The first-order valence-electron chi connectivity index (χ1n) is 3.41. The molecule has 0 amide bonds. The topological polar surface area (TPSA) is 12.9 Å². The van der Waals surface area contributed by atoms with E-state index in [-0.39, 0.29) is 0 Å². The Hall–Kier alpha value is -1.15. The van der Waals surface area contributed by atoms with E-state index in [0.717, 1.165) is 0 Å². The van der Waals surface area contributed by atoms with Crippen LogP contribution in [0, 0.1) is 0 Å². The maximum Gasteiger partial charge on any atom is 0.0358 e. The number of nitrogens with zero attached hydrogens (tertiary/aromatic N) is 1. The minimum Gasteiger partial charge on any atom is -0.264 e. The summed E-state index contributed by atoms with van der Waals surface area (Å²) >= 11 is 1.74. The SMILES string of the molecule is c1cncc(-c2cccs2)c1. The average molecular weight is 161 g/mol. The highest BCUT2D eigenvalue weighted by Crippen LogP contribution is 2.22. The molecule has 0 aromatic carbocycles. The van der Waals surface area contributed by atoms with Crippen LogP contribution in [0.3, 0.4) is 0 Å². The predicted molar refractivity (Wildman–Crippen MR) is 47.6 cm³/mol. The van der Waals surface area contributed by atoms with Crippen LogP contribution in [-0.4, -0.2) is 4.98 Å². The highest BCUT2D eigenvalue weighted by molar-refractivity contribution is 7.13. The van der Waals surface area contributed by atoms with E-state index in [1.54, 1.807) is 17.5 Å². The molecular weight excluding hydrogens is 154 g/mol. The first-order valence-corrected chi connectivity index (χ1v) is 4.29. The number of thiophene rings is 1. The summed E-state index contributed by atoms with van der Waals surface area (Å²) in [5.41, 5.74) is 1.20. The van der Waals surface area contributed by atoms with Crippen molar-refractivity contribution < 1.29 is 0 Å². The van der Waals surface area contributed by atoms with Gasteiger partial charge >= 0.3 is 0 Å². The van der Waals surface area contributed by atoms with Crippen molar-refractivity contribution in [2.75, 3.05) is 0 Å². The summed E-state index contributed by atoms with van der Waals surface area (Å²) in [6.07, 6.45) is 3.67. The molecule has 0 spiro atoms. The number of aromatic nitrogens is 1. The third-order valence-electron chi connectivity index (χ3n) is 1.47. The molecule has 0 fully saturated rings. The summed E-state index contributed by atoms with van der Waals surface area (Å²) in [6.45, 7) is 0. The van der Waals surface area contributed by atoms with Crippen molar-refractivity contribution >= 4 is 11.3 Å². The van der Waals surface area contributed by atoms with Crippen LogP contribution in [0.25, 0.3) is 10.4 Å². The van der Waals surface area contributed by atoms with E-state index >= 15 is 0 Å². The lowest BCUT2D eigenvalue weighted by Crippen LogP contribution is -1.72. The van der Waals surface area contributed by atoms with Crippen molar-refractivity contribution in [3.63, 3.8) is 0 Å². The summed E-state index contributed by atoms with van der Waals surface area (Å²) in [6, 6.07) is 8.17. The van der Waals surface area contributed by atoms with E-state index in [4.69, 9.17) is 0 Å². The molecule has 2 heteroatoms. The fourth-order valence-electron chi connectivity index (χ4n) is 0.951. The Balaban J connectivity index is 2.46. The van der Waals surface area contributed by atoms with Gasteiger partial charge in [0.05, 0.1) is 0 Å². The Morgan fingerprint density at radius 3 is 2.82 bits per heavy atom. The third kappa shape index (κ3) is 1.30. The van der Waals surface area contributed by atoms with Crippen molar-refractivity contribution in [1.29, 1.82) is 0 Å². The normalized spacial score (nSPS) is 9.82. The van der Waals surface area contributed by atoms with Gasteiger partial charge in [-0.1, -0.05) is 12.1 Å². The Morgan fingerprint density at radius 1 is 1.18 bits per heavy atom. The largest absolute Gasteiger partial charge is 0.264 e. The van der Waals surface area contributed by atoms with Crippen LogP contribution >= 0.6 is 11.3 Å². The number of rotatable bonds is 1. The Bertz CT molecular complexity index is 313. The van der Waals surface area contributed by atoms with Gasteiger partial charge < -0.3 is 0 Å². The van der Waals surface area contributed by atoms with Gasteiger partial charge in [-0.25, -0.2) is 0 Å². The van der Waals surface area contributed by atoms with Gasteiger partial charge in [0.15, 0.2) is 0 Å². The monoisotopic (exact) mass is 161 g/mol. The fraction of sp³-hybridized carbons (Fsp3) is 0. The molecule has 2 aromatic rings. The molecule has 0 radical (unpaired) electrons. The molecule has 0 N–H and O–H groups in total. The van der Waals surface area contributed by atoms with E-state index < -0.39 is 0 Å². The summed E-state index contributed by atoms with van der Waals surface area (Å²) in [5.74, 6) is 0. The molecule has 0 atom stereocenters. The average Bonchev–Trinajstić information content (AvgIpc) is 2.58. The van der Waals surface area contributed by atoms with Crippen LogP contribution in [-0.2, 0) is 0 Å². The zero-order valence-corrected chi connectivity index (χ0v) is 6.71. The van der Waals surface area contributed by atoms with E-state index in [1.165, 1.54) is 10.4 Å². The zero-order chi connectivity index (χ0) is 7.52. The van der Waals surface area contributed by atoms with E-state index in [2.05, 4.69) is 22.5 Å². The van der Waals surface area contributed by atoms with Crippen molar-refractivity contribution in [3.8, 4) is 10.4 Å². The molecule has 0 unspecified atom stereocenters. The minimum absolute atomic E-state index is 1.20. The summed E-state index contributed by atoms with van der Waals surface area (Å²) in [7, 11) is 0. The Kier molecular flexibility index (Phi) is 1.69. The van der Waals surface area contributed by atoms with Crippen molar-refractivity contribution in [1.82, 2.24) is 4.98 Å². The molecular formula is C9H7NS. The second-order valence-corrected chi connectivity index (χ2v) is 3.17. The molecule has 0 saturated heterocycles. The Morgan fingerprint density at radius 2 is 2.18 bits per heavy atom. The van der Waals surface area contributed by atoms with Crippen molar-refractivity contribution in [2.45, 2.75) is 0 Å². The molecule has 2 rings (SSSR count). The molecule has 1 nitrogen and oxygen atoms in total. The molecule has 0 aliphatic heterocycles. The quantitative estimate of drug-likeness (QED) is 0.626. The van der Waals surface area contributed by atoms with Crippen LogP contribution in [0.15, 0.2) is 42.0 Å². The summed E-state index contributed by atoms with van der Waals surface area (Å²) in [4.78, 5) is 5.32. The van der Waals surface area contributed by atoms with E-state index in [0.29, 0.717) is 0 Å². The van der Waals surface area contributed by atoms with Crippen LogP contribution in [0.1, 0.15) is 0 Å². The van der Waals surface area contributed by atoms with Gasteiger partial charge in [0.25, 0.3) is 0 Å². The first-order chi connectivity index (χ1) is 5.47. The molecule has 54 valence electrons. The van der Waals surface area contributed by atoms with Crippen molar-refractivity contribution in [2.24, 2.45) is 0 Å². The maximum absolute atomic E-state index is 4.05. The smallest absolute Gasteiger partial charge is 0.0358 e. The second-order valence-electron chi connectivity index (χ2n) is 2.22. The van der Waals surface area contributed by atoms with Gasteiger partial charge in [0.2, 0.25) is 0 Å². The highest BCUT2D eigenvalue weighted by atomic mass is 32.1. The highest BCUT2D eigenvalue weighted by Gasteiger charge is 1.94. The summed E-state index contributed by atoms with van der Waals surface area (Å²) < 4.78 is 0. The lowest BCUT2D eigenvalue weighted by atomic mass is 10.2. The van der Waals surface area contributed by atoms with Gasteiger partial charge in [0.1, 0.15) is 0 Å². The maximum atomic E-state index is 4.05. The van der Waals surface area contributed by atoms with Crippen LogP contribution in [0.2, 0.25) is 0 Å². The fourth-order valence-corrected chi connectivity index (χ4v) is 1.67.